The maximum absolute atomic E-state index is 9.04. The fourth-order valence-corrected chi connectivity index (χ4v) is 1.81. The molecular formula is C15H18N2O2. The van der Waals surface area contributed by atoms with Crippen molar-refractivity contribution in [2.45, 2.75) is 19.4 Å². The first-order valence-corrected chi connectivity index (χ1v) is 6.29. The lowest BCUT2D eigenvalue weighted by molar-refractivity contribution is 0.297. The number of hydrogen-bond donors (Lipinski definition) is 2. The molecule has 2 aromatic rings. The molecule has 0 radical (unpaired) electrons. The SMILES string of the molecule is C[C@H](N)c1ccnc(Oc2ccccc2CCO)c1. The first-order valence-electron chi connectivity index (χ1n) is 6.29. The summed E-state index contributed by atoms with van der Waals surface area (Å²) >= 11 is 0. The van der Waals surface area contributed by atoms with Crippen LogP contribution in [-0.4, -0.2) is 16.7 Å². The molecule has 1 atom stereocenters. The van der Waals surface area contributed by atoms with Crippen molar-refractivity contribution in [1.82, 2.24) is 4.98 Å². The van der Waals surface area contributed by atoms with Crippen LogP contribution in [0.1, 0.15) is 24.1 Å². The number of rotatable bonds is 5. The summed E-state index contributed by atoms with van der Waals surface area (Å²) in [6.07, 6.45) is 2.24. The molecule has 3 N–H and O–H groups in total. The summed E-state index contributed by atoms with van der Waals surface area (Å²) in [5.41, 5.74) is 7.77. The van der Waals surface area contributed by atoms with Crippen LogP contribution in [0.3, 0.4) is 0 Å². The minimum absolute atomic E-state index is 0.0574. The van der Waals surface area contributed by atoms with Crippen LogP contribution in [0.25, 0.3) is 0 Å². The third-order valence-electron chi connectivity index (χ3n) is 2.85. The molecule has 2 rings (SSSR count). The van der Waals surface area contributed by atoms with E-state index in [0.717, 1.165) is 11.1 Å². The molecule has 1 heterocycles. The zero-order chi connectivity index (χ0) is 13.7. The van der Waals surface area contributed by atoms with Crippen molar-refractivity contribution in [2.75, 3.05) is 6.61 Å². The normalized spacial score (nSPS) is 12.2. The van der Waals surface area contributed by atoms with E-state index in [1.54, 1.807) is 6.20 Å². The summed E-state index contributed by atoms with van der Waals surface area (Å²) in [5.74, 6) is 1.23. The Morgan fingerprint density at radius 3 is 2.84 bits per heavy atom. The minimum Gasteiger partial charge on any atom is -0.439 e. The maximum Gasteiger partial charge on any atom is 0.219 e. The number of aromatic nitrogens is 1. The number of para-hydroxylation sites is 1. The number of nitrogens with zero attached hydrogens (tertiary/aromatic N) is 1. The minimum atomic E-state index is -0.0574. The third-order valence-corrected chi connectivity index (χ3v) is 2.85. The van der Waals surface area contributed by atoms with Crippen LogP contribution in [0.15, 0.2) is 42.6 Å². The number of aliphatic hydroxyl groups is 1. The van der Waals surface area contributed by atoms with Gasteiger partial charge in [0.2, 0.25) is 5.88 Å². The number of benzene rings is 1. The molecule has 4 heteroatoms. The number of aliphatic hydroxyl groups excluding tert-OH is 1. The van der Waals surface area contributed by atoms with E-state index in [1.165, 1.54) is 0 Å². The Morgan fingerprint density at radius 2 is 2.11 bits per heavy atom. The van der Waals surface area contributed by atoms with E-state index < -0.39 is 0 Å². The van der Waals surface area contributed by atoms with Crippen LogP contribution in [0, 0.1) is 0 Å². The topological polar surface area (TPSA) is 68.4 Å². The average Bonchev–Trinajstić information content (AvgIpc) is 2.41. The molecule has 0 aliphatic heterocycles. The van der Waals surface area contributed by atoms with Gasteiger partial charge in [0, 0.05) is 24.9 Å². The van der Waals surface area contributed by atoms with Gasteiger partial charge in [0.25, 0.3) is 0 Å². The molecule has 0 unspecified atom stereocenters. The molecule has 1 aromatic carbocycles. The van der Waals surface area contributed by atoms with E-state index in [4.69, 9.17) is 15.6 Å². The van der Waals surface area contributed by atoms with E-state index in [-0.39, 0.29) is 12.6 Å². The highest BCUT2D eigenvalue weighted by Gasteiger charge is 2.06. The predicted molar refractivity (Wildman–Crippen MR) is 74.1 cm³/mol. The molecule has 0 saturated carbocycles. The Labute approximate surface area is 112 Å². The summed E-state index contributed by atoms with van der Waals surface area (Å²) in [6, 6.07) is 11.3. The van der Waals surface area contributed by atoms with E-state index >= 15 is 0 Å². The van der Waals surface area contributed by atoms with E-state index in [9.17, 15) is 0 Å². The molecule has 0 aliphatic carbocycles. The van der Waals surface area contributed by atoms with Gasteiger partial charge in [-0.1, -0.05) is 18.2 Å². The van der Waals surface area contributed by atoms with Gasteiger partial charge in [-0.2, -0.15) is 0 Å². The molecule has 0 bridgehead atoms. The molecule has 100 valence electrons. The van der Waals surface area contributed by atoms with E-state index in [1.807, 2.05) is 43.3 Å². The zero-order valence-electron chi connectivity index (χ0n) is 10.9. The van der Waals surface area contributed by atoms with Gasteiger partial charge in [-0.25, -0.2) is 4.98 Å². The fraction of sp³-hybridized carbons (Fsp3) is 0.267. The van der Waals surface area contributed by atoms with Crippen LogP contribution in [0.4, 0.5) is 0 Å². The highest BCUT2D eigenvalue weighted by molar-refractivity contribution is 5.37. The maximum atomic E-state index is 9.04. The second kappa shape index (κ2) is 6.31. The molecule has 0 aliphatic rings. The smallest absolute Gasteiger partial charge is 0.219 e. The van der Waals surface area contributed by atoms with Crippen molar-refractivity contribution in [3.8, 4) is 11.6 Å². The molecule has 0 saturated heterocycles. The molecule has 19 heavy (non-hydrogen) atoms. The van der Waals surface area contributed by atoms with Gasteiger partial charge in [0.15, 0.2) is 0 Å². The van der Waals surface area contributed by atoms with Crippen molar-refractivity contribution >= 4 is 0 Å². The van der Waals surface area contributed by atoms with E-state index in [2.05, 4.69) is 4.98 Å². The lowest BCUT2D eigenvalue weighted by atomic mass is 10.1. The Morgan fingerprint density at radius 1 is 1.32 bits per heavy atom. The second-order valence-electron chi connectivity index (χ2n) is 4.40. The largest absolute Gasteiger partial charge is 0.439 e. The Kier molecular flexibility index (Phi) is 4.49. The number of nitrogens with two attached hydrogens (primary N) is 1. The monoisotopic (exact) mass is 258 g/mol. The Hall–Kier alpha value is -1.91. The number of hydrogen-bond acceptors (Lipinski definition) is 4. The van der Waals surface area contributed by atoms with Gasteiger partial charge in [-0.3, -0.25) is 0 Å². The first-order chi connectivity index (χ1) is 9.20. The highest BCUT2D eigenvalue weighted by Crippen LogP contribution is 2.25. The molecule has 0 spiro atoms. The van der Waals surface area contributed by atoms with Gasteiger partial charge in [0.05, 0.1) is 0 Å². The van der Waals surface area contributed by atoms with Crippen molar-refractivity contribution in [3.63, 3.8) is 0 Å². The van der Waals surface area contributed by atoms with Crippen molar-refractivity contribution < 1.29 is 9.84 Å². The lowest BCUT2D eigenvalue weighted by Crippen LogP contribution is -2.05. The van der Waals surface area contributed by atoms with Crippen molar-refractivity contribution in [1.29, 1.82) is 0 Å². The number of ether oxygens (including phenoxy) is 1. The van der Waals surface area contributed by atoms with Gasteiger partial charge in [0.1, 0.15) is 5.75 Å². The van der Waals surface area contributed by atoms with Crippen molar-refractivity contribution in [2.24, 2.45) is 5.73 Å². The summed E-state index contributed by atoms with van der Waals surface area (Å²) < 4.78 is 5.78. The summed E-state index contributed by atoms with van der Waals surface area (Å²) in [5, 5.41) is 9.04. The first kappa shape index (κ1) is 13.5. The van der Waals surface area contributed by atoms with Crippen LogP contribution >= 0.6 is 0 Å². The van der Waals surface area contributed by atoms with E-state index in [0.29, 0.717) is 18.1 Å². The van der Waals surface area contributed by atoms with Crippen LogP contribution in [0.2, 0.25) is 0 Å². The standard InChI is InChI=1S/C15H18N2O2/c1-11(16)13-6-8-17-15(10-13)19-14-5-3-2-4-12(14)7-9-18/h2-6,8,10-11,18H,7,9,16H2,1H3/t11-/m0/s1. The second-order valence-corrected chi connectivity index (χ2v) is 4.40. The van der Waals surface area contributed by atoms with Crippen LogP contribution in [0.5, 0.6) is 11.6 Å². The zero-order valence-corrected chi connectivity index (χ0v) is 10.9. The predicted octanol–water partition coefficient (Wildman–Crippen LogP) is 2.43. The van der Waals surface area contributed by atoms with Gasteiger partial charge >= 0.3 is 0 Å². The summed E-state index contributed by atoms with van der Waals surface area (Å²) in [7, 11) is 0. The average molecular weight is 258 g/mol. The Bertz CT molecular complexity index is 541. The highest BCUT2D eigenvalue weighted by atomic mass is 16.5. The molecule has 1 aromatic heterocycles. The van der Waals surface area contributed by atoms with Crippen molar-refractivity contribution in [3.05, 3.63) is 53.7 Å². The van der Waals surface area contributed by atoms with Gasteiger partial charge in [-0.05, 0) is 36.6 Å². The summed E-state index contributed by atoms with van der Waals surface area (Å²) in [4.78, 5) is 4.18. The van der Waals surface area contributed by atoms with Gasteiger partial charge in [-0.15, -0.1) is 0 Å². The van der Waals surface area contributed by atoms with Gasteiger partial charge < -0.3 is 15.6 Å². The molecule has 4 nitrogen and oxygen atoms in total. The Balaban J connectivity index is 2.23. The number of pyridine rings is 1. The molecular weight excluding hydrogens is 240 g/mol. The van der Waals surface area contributed by atoms with Crippen LogP contribution in [-0.2, 0) is 6.42 Å². The third kappa shape index (κ3) is 3.53. The summed E-state index contributed by atoms with van der Waals surface area (Å²) in [6.45, 7) is 2.01. The van der Waals surface area contributed by atoms with Crippen LogP contribution < -0.4 is 10.5 Å². The quantitative estimate of drug-likeness (QED) is 0.864. The lowest BCUT2D eigenvalue weighted by Gasteiger charge is -2.11. The fourth-order valence-electron chi connectivity index (χ4n) is 1.81. The molecule has 0 amide bonds. The molecule has 0 fully saturated rings.